The van der Waals surface area contributed by atoms with E-state index in [1.165, 1.54) is 0 Å². The topological polar surface area (TPSA) is 114 Å². The number of ether oxygens (including phenoxy) is 1. The minimum absolute atomic E-state index is 0.0440. The van der Waals surface area contributed by atoms with E-state index < -0.39 is 0 Å². The highest BCUT2D eigenvalue weighted by Crippen LogP contribution is 2.24. The van der Waals surface area contributed by atoms with Crippen molar-refractivity contribution in [3.8, 4) is 0 Å². The first-order valence-electron chi connectivity index (χ1n) is 7.72. The highest BCUT2D eigenvalue weighted by molar-refractivity contribution is 5.92. The molecule has 0 bridgehead atoms. The molecule has 0 radical (unpaired) electrons. The van der Waals surface area contributed by atoms with Crippen LogP contribution in [0.25, 0.3) is 10.9 Å². The van der Waals surface area contributed by atoms with Gasteiger partial charge in [0.2, 0.25) is 5.95 Å². The van der Waals surface area contributed by atoms with Gasteiger partial charge in [-0.3, -0.25) is 5.10 Å². The van der Waals surface area contributed by atoms with Crippen LogP contribution in [0.4, 0.5) is 17.5 Å². The van der Waals surface area contributed by atoms with Crippen molar-refractivity contribution in [2.24, 2.45) is 5.73 Å². The summed E-state index contributed by atoms with van der Waals surface area (Å²) in [5.74, 6) is 1.20. The van der Waals surface area contributed by atoms with Gasteiger partial charge in [-0.25, -0.2) is 4.98 Å². The Hall–Kier alpha value is -2.71. The minimum Gasteiger partial charge on any atom is -0.380 e. The Bertz CT molecular complexity index is 804. The van der Waals surface area contributed by atoms with Gasteiger partial charge in [0.15, 0.2) is 0 Å². The van der Waals surface area contributed by atoms with Crippen molar-refractivity contribution < 1.29 is 4.74 Å². The summed E-state index contributed by atoms with van der Waals surface area (Å²) in [6, 6.07) is 7.56. The monoisotopic (exact) mass is 327 g/mol. The fourth-order valence-electron chi connectivity index (χ4n) is 2.28. The zero-order valence-corrected chi connectivity index (χ0v) is 13.7. The Morgan fingerprint density at radius 2 is 2.21 bits per heavy atom. The van der Waals surface area contributed by atoms with Crippen LogP contribution in [0.15, 0.2) is 36.7 Å². The average Bonchev–Trinajstić information content (AvgIpc) is 3.09. The van der Waals surface area contributed by atoms with E-state index in [-0.39, 0.29) is 12.1 Å². The summed E-state index contributed by atoms with van der Waals surface area (Å²) < 4.78 is 5.21. The lowest BCUT2D eigenvalue weighted by Crippen LogP contribution is -2.40. The third-order valence-electron chi connectivity index (χ3n) is 3.87. The van der Waals surface area contributed by atoms with E-state index in [2.05, 4.69) is 30.8 Å². The summed E-state index contributed by atoms with van der Waals surface area (Å²) in [5, 5.41) is 14.4. The number of anilines is 3. The van der Waals surface area contributed by atoms with Gasteiger partial charge in [-0.1, -0.05) is 6.07 Å². The molecule has 0 saturated carbocycles. The van der Waals surface area contributed by atoms with Crippen LogP contribution in [0.3, 0.4) is 0 Å². The van der Waals surface area contributed by atoms with E-state index in [0.29, 0.717) is 18.3 Å². The third kappa shape index (κ3) is 3.61. The van der Waals surface area contributed by atoms with Crippen molar-refractivity contribution in [3.05, 3.63) is 36.7 Å². The first kappa shape index (κ1) is 16.2. The lowest BCUT2D eigenvalue weighted by Gasteiger charge is -2.18. The molecule has 0 amide bonds. The summed E-state index contributed by atoms with van der Waals surface area (Å²) in [5.41, 5.74) is 7.91. The van der Waals surface area contributed by atoms with E-state index in [9.17, 15) is 0 Å². The normalized spacial score (nSPS) is 13.6. The van der Waals surface area contributed by atoms with Crippen LogP contribution in [0.5, 0.6) is 0 Å². The Labute approximate surface area is 139 Å². The predicted molar refractivity (Wildman–Crippen MR) is 94.3 cm³/mol. The average molecular weight is 327 g/mol. The quantitative estimate of drug-likeness (QED) is 0.524. The summed E-state index contributed by atoms with van der Waals surface area (Å²) in [6.07, 6.45) is 3.43. The number of H-pyrrole nitrogens is 1. The van der Waals surface area contributed by atoms with Crippen molar-refractivity contribution in [1.29, 1.82) is 0 Å². The van der Waals surface area contributed by atoms with E-state index in [0.717, 1.165) is 16.6 Å². The Morgan fingerprint density at radius 3 is 3.04 bits per heavy atom. The van der Waals surface area contributed by atoms with Crippen molar-refractivity contribution in [2.75, 3.05) is 24.3 Å². The number of hydrogen-bond acceptors (Lipinski definition) is 7. The Balaban J connectivity index is 1.70. The Morgan fingerprint density at radius 1 is 1.33 bits per heavy atom. The van der Waals surface area contributed by atoms with Crippen molar-refractivity contribution in [3.63, 3.8) is 0 Å². The van der Waals surface area contributed by atoms with Gasteiger partial charge in [-0.2, -0.15) is 10.1 Å². The second-order valence-corrected chi connectivity index (χ2v) is 5.51. The number of nitrogens with zero attached hydrogens (tertiary/aromatic N) is 3. The second-order valence-electron chi connectivity index (χ2n) is 5.51. The molecule has 0 spiro atoms. The number of nitrogens with two attached hydrogens (primary N) is 1. The largest absolute Gasteiger partial charge is 0.380 e. The molecule has 0 aliphatic heterocycles. The number of aromatic nitrogens is 4. The Kier molecular flexibility index (Phi) is 4.88. The van der Waals surface area contributed by atoms with Crippen LogP contribution in [0.2, 0.25) is 0 Å². The van der Waals surface area contributed by atoms with Crippen LogP contribution in [-0.4, -0.2) is 46.0 Å². The molecule has 2 heterocycles. The molecule has 8 heteroatoms. The molecule has 8 nitrogen and oxygen atoms in total. The maximum atomic E-state index is 6.02. The molecule has 2 aromatic heterocycles. The minimum atomic E-state index is -0.144. The smallest absolute Gasteiger partial charge is 0.224 e. The zero-order chi connectivity index (χ0) is 16.9. The summed E-state index contributed by atoms with van der Waals surface area (Å²) in [4.78, 5) is 8.67. The number of rotatable bonds is 7. The first-order valence-corrected chi connectivity index (χ1v) is 7.72. The summed E-state index contributed by atoms with van der Waals surface area (Å²) in [7, 11) is 1.64. The molecule has 0 unspecified atom stereocenters. The maximum absolute atomic E-state index is 6.02. The van der Waals surface area contributed by atoms with Gasteiger partial charge >= 0.3 is 0 Å². The lowest BCUT2D eigenvalue weighted by molar-refractivity contribution is 0.0989. The standard InChI is InChI=1S/C16H21N7O/c1-10(24-2)12(17)9-19-16-18-7-6-15(22-16)21-13-4-3-5-14-11(13)8-20-23-14/h3-8,10,12H,9,17H2,1-2H3,(H,20,23)(H2,18,19,21,22)/t10-,12-/m1/s1. The molecule has 0 aliphatic rings. The SMILES string of the molecule is CO[C@H](C)[C@H](N)CNc1nccc(Nc2cccc3[nH]ncc23)n1. The fraction of sp³-hybridized carbons (Fsp3) is 0.312. The number of methoxy groups -OCH3 is 1. The van der Waals surface area contributed by atoms with Gasteiger partial charge in [-0.05, 0) is 25.1 Å². The van der Waals surface area contributed by atoms with Gasteiger partial charge in [0.1, 0.15) is 5.82 Å². The van der Waals surface area contributed by atoms with Crippen LogP contribution in [0.1, 0.15) is 6.92 Å². The maximum Gasteiger partial charge on any atom is 0.224 e. The summed E-state index contributed by atoms with van der Waals surface area (Å²) >= 11 is 0. The lowest BCUT2D eigenvalue weighted by atomic mass is 10.2. The molecule has 3 aromatic rings. The molecule has 0 fully saturated rings. The van der Waals surface area contributed by atoms with Gasteiger partial charge in [0, 0.05) is 31.3 Å². The molecular weight excluding hydrogens is 306 g/mol. The summed E-state index contributed by atoms with van der Waals surface area (Å²) in [6.45, 7) is 2.45. The highest BCUT2D eigenvalue weighted by Gasteiger charge is 2.12. The molecular formula is C16H21N7O. The number of benzene rings is 1. The molecule has 2 atom stereocenters. The molecule has 3 rings (SSSR count). The highest BCUT2D eigenvalue weighted by atomic mass is 16.5. The van der Waals surface area contributed by atoms with Crippen LogP contribution >= 0.6 is 0 Å². The van der Waals surface area contributed by atoms with E-state index >= 15 is 0 Å². The molecule has 126 valence electrons. The number of nitrogens with one attached hydrogen (secondary N) is 3. The van der Waals surface area contributed by atoms with Crippen molar-refractivity contribution in [2.45, 2.75) is 19.1 Å². The van der Waals surface area contributed by atoms with Gasteiger partial charge in [0.05, 0.1) is 23.5 Å². The number of aromatic amines is 1. The van der Waals surface area contributed by atoms with Gasteiger partial charge < -0.3 is 21.1 Å². The molecule has 0 saturated heterocycles. The molecule has 0 aliphatic carbocycles. The van der Waals surface area contributed by atoms with Crippen LogP contribution in [0, 0.1) is 0 Å². The zero-order valence-electron chi connectivity index (χ0n) is 13.7. The van der Waals surface area contributed by atoms with Crippen molar-refractivity contribution in [1.82, 2.24) is 20.2 Å². The third-order valence-corrected chi connectivity index (χ3v) is 3.87. The second kappa shape index (κ2) is 7.24. The van der Waals surface area contributed by atoms with E-state index in [1.54, 1.807) is 19.5 Å². The van der Waals surface area contributed by atoms with E-state index in [4.69, 9.17) is 10.5 Å². The van der Waals surface area contributed by atoms with Gasteiger partial charge in [-0.15, -0.1) is 0 Å². The number of hydrogen-bond donors (Lipinski definition) is 4. The fourth-order valence-corrected chi connectivity index (χ4v) is 2.28. The van der Waals surface area contributed by atoms with Crippen molar-refractivity contribution >= 4 is 28.4 Å². The van der Waals surface area contributed by atoms with Crippen LogP contribution in [-0.2, 0) is 4.74 Å². The van der Waals surface area contributed by atoms with Crippen LogP contribution < -0.4 is 16.4 Å². The predicted octanol–water partition coefficient (Wildman–Crippen LogP) is 1.87. The van der Waals surface area contributed by atoms with Gasteiger partial charge in [0.25, 0.3) is 0 Å². The molecule has 5 N–H and O–H groups in total. The number of fused-ring (bicyclic) bond motifs is 1. The molecule has 24 heavy (non-hydrogen) atoms. The first-order chi connectivity index (χ1) is 11.7. The molecule has 1 aromatic carbocycles. The van der Waals surface area contributed by atoms with E-state index in [1.807, 2.05) is 31.2 Å².